The molecule has 7 nitrogen and oxygen atoms in total. The minimum absolute atomic E-state index is 0.0224. The molecule has 2 fully saturated rings. The fraction of sp³-hybridized carbons (Fsp3) is 0.667. The summed E-state index contributed by atoms with van der Waals surface area (Å²) in [5, 5.41) is 6.87. The van der Waals surface area contributed by atoms with Gasteiger partial charge in [-0.25, -0.2) is 4.68 Å². The Kier molecular flexibility index (Phi) is 4.54. The van der Waals surface area contributed by atoms with Gasteiger partial charge in [-0.3, -0.25) is 9.59 Å². The highest BCUT2D eigenvalue weighted by Crippen LogP contribution is 2.30. The highest BCUT2D eigenvalue weighted by atomic mass is 16.5. The first-order valence-electron chi connectivity index (χ1n) is 7.68. The molecule has 2 aliphatic rings. The van der Waals surface area contributed by atoms with Gasteiger partial charge in [-0.2, -0.15) is 5.10 Å². The maximum atomic E-state index is 12.3. The molecule has 2 atom stereocenters. The summed E-state index contributed by atoms with van der Waals surface area (Å²) in [7, 11) is 1.52. The number of ether oxygens (including phenoxy) is 2. The zero-order chi connectivity index (χ0) is 15.5. The maximum Gasteiger partial charge on any atom is 0.272 e. The Hall–Kier alpha value is -1.73. The van der Waals surface area contributed by atoms with Crippen LogP contribution in [0.4, 0.5) is 0 Å². The molecular formula is C15H21N3O4. The van der Waals surface area contributed by atoms with Crippen molar-refractivity contribution in [3.8, 4) is 0 Å². The van der Waals surface area contributed by atoms with E-state index in [9.17, 15) is 9.59 Å². The topological polar surface area (TPSA) is 82.5 Å². The number of amides is 1. The van der Waals surface area contributed by atoms with Gasteiger partial charge in [0.25, 0.3) is 11.5 Å². The van der Waals surface area contributed by atoms with Crippen molar-refractivity contribution >= 4 is 5.91 Å². The summed E-state index contributed by atoms with van der Waals surface area (Å²) in [6.07, 6.45) is 3.23. The number of rotatable bonds is 5. The quantitative estimate of drug-likeness (QED) is 0.834. The van der Waals surface area contributed by atoms with Gasteiger partial charge in [0.1, 0.15) is 5.69 Å². The standard InChI is InChI=1S/C15H21N3O4/c1-18-14(19)5-4-11(17-18)15(20)16-12-9-21-7-6-13(12)22-8-10-2-3-10/h4-5,10,12-13H,2-3,6-9H2,1H3,(H,16,20)/t12-,13+/m1/s1. The van der Waals surface area contributed by atoms with Crippen LogP contribution in [0.3, 0.4) is 0 Å². The summed E-state index contributed by atoms with van der Waals surface area (Å²) in [6.45, 7) is 1.85. The van der Waals surface area contributed by atoms with E-state index in [4.69, 9.17) is 9.47 Å². The van der Waals surface area contributed by atoms with Crippen molar-refractivity contribution in [1.82, 2.24) is 15.1 Å². The highest BCUT2D eigenvalue weighted by Gasteiger charge is 2.31. The third-order valence-electron chi connectivity index (χ3n) is 4.05. The van der Waals surface area contributed by atoms with E-state index in [0.717, 1.165) is 17.7 Å². The fourth-order valence-electron chi connectivity index (χ4n) is 2.46. The van der Waals surface area contributed by atoms with Crippen molar-refractivity contribution in [3.05, 3.63) is 28.2 Å². The summed E-state index contributed by atoms with van der Waals surface area (Å²) in [5.41, 5.74) is -0.0307. The lowest BCUT2D eigenvalue weighted by atomic mass is 10.1. The molecule has 1 aliphatic heterocycles. The van der Waals surface area contributed by atoms with Crippen LogP contribution in [0.1, 0.15) is 29.8 Å². The van der Waals surface area contributed by atoms with Crippen molar-refractivity contribution in [2.75, 3.05) is 19.8 Å². The minimum atomic E-state index is -0.314. The first-order chi connectivity index (χ1) is 10.6. The van der Waals surface area contributed by atoms with E-state index in [1.807, 2.05) is 0 Å². The predicted octanol–water partition coefficient (Wildman–Crippen LogP) is 0.0942. The summed E-state index contributed by atoms with van der Waals surface area (Å²) >= 11 is 0. The number of carbonyl (C=O) groups excluding carboxylic acids is 1. The van der Waals surface area contributed by atoms with Crippen molar-refractivity contribution in [2.45, 2.75) is 31.4 Å². The molecule has 0 bridgehead atoms. The average Bonchev–Trinajstić information content (AvgIpc) is 3.33. The molecule has 1 N–H and O–H groups in total. The van der Waals surface area contributed by atoms with Gasteiger partial charge in [0.15, 0.2) is 0 Å². The van der Waals surface area contributed by atoms with E-state index >= 15 is 0 Å². The molecule has 3 rings (SSSR count). The fourth-order valence-corrected chi connectivity index (χ4v) is 2.46. The largest absolute Gasteiger partial charge is 0.379 e. The van der Waals surface area contributed by atoms with Crippen LogP contribution in [0.2, 0.25) is 0 Å². The molecule has 0 unspecified atom stereocenters. The second-order valence-electron chi connectivity index (χ2n) is 5.94. The van der Waals surface area contributed by atoms with Gasteiger partial charge >= 0.3 is 0 Å². The van der Waals surface area contributed by atoms with Gasteiger partial charge in [0.2, 0.25) is 0 Å². The number of carbonyl (C=O) groups is 1. The second-order valence-corrected chi connectivity index (χ2v) is 5.94. The number of hydrogen-bond donors (Lipinski definition) is 1. The zero-order valence-electron chi connectivity index (χ0n) is 12.7. The smallest absolute Gasteiger partial charge is 0.272 e. The SMILES string of the molecule is Cn1nc(C(=O)N[C@@H]2COCC[C@@H]2OCC2CC2)ccc1=O. The van der Waals surface area contributed by atoms with Gasteiger partial charge < -0.3 is 14.8 Å². The lowest BCUT2D eigenvalue weighted by Gasteiger charge is -2.32. The van der Waals surface area contributed by atoms with Crippen LogP contribution in [0.15, 0.2) is 16.9 Å². The Morgan fingerprint density at radius 3 is 3.00 bits per heavy atom. The summed E-state index contributed by atoms with van der Waals surface area (Å²) < 4.78 is 12.5. The Labute approximate surface area is 128 Å². The molecule has 1 saturated carbocycles. The minimum Gasteiger partial charge on any atom is -0.379 e. The first-order valence-corrected chi connectivity index (χ1v) is 7.68. The van der Waals surface area contributed by atoms with Gasteiger partial charge in [-0.15, -0.1) is 0 Å². The number of aromatic nitrogens is 2. The number of hydrogen-bond acceptors (Lipinski definition) is 5. The van der Waals surface area contributed by atoms with E-state index in [1.165, 1.54) is 32.0 Å². The molecule has 1 aromatic rings. The van der Waals surface area contributed by atoms with Crippen molar-refractivity contribution < 1.29 is 14.3 Å². The van der Waals surface area contributed by atoms with Crippen molar-refractivity contribution in [1.29, 1.82) is 0 Å². The van der Waals surface area contributed by atoms with Crippen LogP contribution in [-0.4, -0.2) is 47.7 Å². The summed E-state index contributed by atoms with van der Waals surface area (Å²) in [6, 6.07) is 2.58. The molecule has 1 aromatic heterocycles. The third-order valence-corrected chi connectivity index (χ3v) is 4.05. The molecule has 7 heteroatoms. The second kappa shape index (κ2) is 6.58. The van der Waals surface area contributed by atoms with Crippen molar-refractivity contribution in [3.63, 3.8) is 0 Å². The van der Waals surface area contributed by atoms with Crippen LogP contribution in [0.5, 0.6) is 0 Å². The van der Waals surface area contributed by atoms with Crippen LogP contribution in [0.25, 0.3) is 0 Å². The van der Waals surface area contributed by atoms with Crippen LogP contribution >= 0.6 is 0 Å². The van der Waals surface area contributed by atoms with Crippen molar-refractivity contribution in [2.24, 2.45) is 13.0 Å². The Morgan fingerprint density at radius 1 is 1.45 bits per heavy atom. The van der Waals surface area contributed by atoms with E-state index < -0.39 is 0 Å². The molecular weight excluding hydrogens is 286 g/mol. The first kappa shape index (κ1) is 15.2. The van der Waals surface area contributed by atoms with E-state index in [1.54, 1.807) is 0 Å². The van der Waals surface area contributed by atoms with Crippen LogP contribution < -0.4 is 10.9 Å². The molecule has 120 valence electrons. The summed E-state index contributed by atoms with van der Waals surface area (Å²) in [4.78, 5) is 23.6. The Balaban J connectivity index is 1.61. The number of nitrogens with one attached hydrogen (secondary N) is 1. The Bertz CT molecular complexity index is 597. The van der Waals surface area contributed by atoms with Gasteiger partial charge in [-0.05, 0) is 31.2 Å². The van der Waals surface area contributed by atoms with E-state index in [2.05, 4.69) is 10.4 Å². The average molecular weight is 307 g/mol. The van der Waals surface area contributed by atoms with E-state index in [-0.39, 0.29) is 29.3 Å². The predicted molar refractivity (Wildman–Crippen MR) is 78.6 cm³/mol. The molecule has 1 amide bonds. The van der Waals surface area contributed by atoms with Gasteiger partial charge in [-0.1, -0.05) is 0 Å². The molecule has 1 saturated heterocycles. The lowest BCUT2D eigenvalue weighted by Crippen LogP contribution is -2.51. The molecule has 1 aliphatic carbocycles. The normalized spacial score (nSPS) is 25.0. The number of nitrogens with zero attached hydrogens (tertiary/aromatic N) is 2. The van der Waals surface area contributed by atoms with Gasteiger partial charge in [0.05, 0.1) is 18.8 Å². The Morgan fingerprint density at radius 2 is 2.27 bits per heavy atom. The molecule has 2 heterocycles. The van der Waals surface area contributed by atoms with Gasteiger partial charge in [0, 0.05) is 26.3 Å². The van der Waals surface area contributed by atoms with E-state index in [0.29, 0.717) is 19.1 Å². The third kappa shape index (κ3) is 3.72. The maximum absolute atomic E-state index is 12.3. The molecule has 22 heavy (non-hydrogen) atoms. The lowest BCUT2D eigenvalue weighted by molar-refractivity contribution is -0.0568. The van der Waals surface area contributed by atoms with Crippen LogP contribution in [0, 0.1) is 5.92 Å². The highest BCUT2D eigenvalue weighted by molar-refractivity contribution is 5.92. The summed E-state index contributed by atoms with van der Waals surface area (Å²) in [5.74, 6) is 0.371. The molecule has 0 radical (unpaired) electrons. The monoisotopic (exact) mass is 307 g/mol. The van der Waals surface area contributed by atoms with Crippen LogP contribution in [-0.2, 0) is 16.5 Å². The zero-order valence-corrected chi connectivity index (χ0v) is 12.7. The molecule has 0 aromatic carbocycles. The number of aryl methyl sites for hydroxylation is 1. The molecule has 0 spiro atoms.